The summed E-state index contributed by atoms with van der Waals surface area (Å²) in [6.45, 7) is 8.33. The number of carboxylic acids is 1. The van der Waals surface area contributed by atoms with Crippen LogP contribution in [0.25, 0.3) is 0 Å². The number of rotatable bonds is 8. The van der Waals surface area contributed by atoms with Gasteiger partial charge in [0.25, 0.3) is 5.91 Å². The van der Waals surface area contributed by atoms with E-state index in [0.29, 0.717) is 31.7 Å². The van der Waals surface area contributed by atoms with Gasteiger partial charge >= 0.3 is 0 Å². The predicted octanol–water partition coefficient (Wildman–Crippen LogP) is -1.09. The molecule has 138 valence electrons. The Kier molecular flexibility index (Phi) is 7.66. The average Bonchev–Trinajstić information content (AvgIpc) is 2.93. The maximum atomic E-state index is 12.5. The van der Waals surface area contributed by atoms with Crippen LogP contribution >= 0.6 is 0 Å². The zero-order chi connectivity index (χ0) is 18.4. The van der Waals surface area contributed by atoms with Gasteiger partial charge in [-0.15, -0.1) is 0 Å². The van der Waals surface area contributed by atoms with Crippen molar-refractivity contribution in [3.05, 3.63) is 0 Å². The number of aliphatic carboxylic acids is 1. The van der Waals surface area contributed by atoms with Crippen molar-refractivity contribution >= 4 is 17.8 Å². The summed E-state index contributed by atoms with van der Waals surface area (Å²) >= 11 is 0. The molecule has 4 N–H and O–H groups in total. The van der Waals surface area contributed by atoms with Crippen LogP contribution in [0.15, 0.2) is 0 Å². The highest BCUT2D eigenvalue weighted by Crippen LogP contribution is 2.20. The lowest BCUT2D eigenvalue weighted by atomic mass is 10.0. The lowest BCUT2D eigenvalue weighted by Crippen LogP contribution is -2.69. The highest BCUT2D eigenvalue weighted by molar-refractivity contribution is 5.91. The first-order valence-corrected chi connectivity index (χ1v) is 8.78. The number of carbonyl (C=O) groups excluding carboxylic acids is 3. The number of amides is 2. The number of likely N-dealkylation sites (tertiary alicyclic amines) is 1. The number of quaternary nitrogens is 1. The van der Waals surface area contributed by atoms with E-state index in [4.69, 9.17) is 0 Å². The molecule has 0 aromatic heterocycles. The fraction of sp³-hybridized carbons (Fsp3) is 0.824. The molecule has 0 bridgehead atoms. The standard InChI is InChI=1S/C17H31N3O4/c1-10(2)8-12(18)16(22)20-7-5-6-14(20)15(21)19-13(17(23)24)9-11(3)4/h10-14H,5-9,18H2,1-4H3,(H,19,21)(H,23,24). The molecule has 7 nitrogen and oxygen atoms in total. The minimum absolute atomic E-state index is 0.116. The Morgan fingerprint density at radius 2 is 1.75 bits per heavy atom. The molecule has 3 atom stereocenters. The Bertz CT molecular complexity index is 465. The number of nitrogens with zero attached hydrogens (tertiary/aromatic N) is 1. The Morgan fingerprint density at radius 3 is 2.25 bits per heavy atom. The van der Waals surface area contributed by atoms with Crippen LogP contribution < -0.4 is 16.2 Å². The Balaban J connectivity index is 2.74. The molecule has 2 amide bonds. The summed E-state index contributed by atoms with van der Waals surface area (Å²) in [5, 5.41) is 13.8. The van der Waals surface area contributed by atoms with Crippen LogP contribution in [0.3, 0.4) is 0 Å². The Morgan fingerprint density at radius 1 is 1.17 bits per heavy atom. The summed E-state index contributed by atoms with van der Waals surface area (Å²) in [5.41, 5.74) is 3.92. The quantitative estimate of drug-likeness (QED) is 0.583. The lowest BCUT2D eigenvalue weighted by molar-refractivity contribution is -0.408. The molecule has 1 aliphatic rings. The minimum atomic E-state index is -1.29. The topological polar surface area (TPSA) is 117 Å². The number of hydrogen-bond acceptors (Lipinski definition) is 4. The number of carboxylic acid groups (broad SMARTS) is 1. The van der Waals surface area contributed by atoms with Crippen molar-refractivity contribution in [1.29, 1.82) is 0 Å². The van der Waals surface area contributed by atoms with Crippen LogP contribution in [-0.2, 0) is 14.4 Å². The van der Waals surface area contributed by atoms with E-state index in [-0.39, 0.29) is 17.9 Å². The maximum absolute atomic E-state index is 12.5. The summed E-state index contributed by atoms with van der Waals surface area (Å²) in [6.07, 6.45) is 2.25. The smallest absolute Gasteiger partial charge is 0.281 e. The molecule has 0 saturated carbocycles. The summed E-state index contributed by atoms with van der Waals surface area (Å²) < 4.78 is 0. The number of hydrogen-bond donors (Lipinski definition) is 2. The molecule has 1 saturated heterocycles. The van der Waals surface area contributed by atoms with Crippen molar-refractivity contribution in [3.8, 4) is 0 Å². The monoisotopic (exact) mass is 341 g/mol. The largest absolute Gasteiger partial charge is 0.548 e. The van der Waals surface area contributed by atoms with Gasteiger partial charge in [0.2, 0.25) is 5.91 Å². The predicted molar refractivity (Wildman–Crippen MR) is 87.3 cm³/mol. The van der Waals surface area contributed by atoms with Crippen LogP contribution in [0, 0.1) is 11.8 Å². The van der Waals surface area contributed by atoms with Crippen molar-refractivity contribution in [2.75, 3.05) is 6.54 Å². The normalized spacial score (nSPS) is 20.3. The van der Waals surface area contributed by atoms with Crippen LogP contribution in [0.1, 0.15) is 53.4 Å². The molecule has 0 radical (unpaired) electrons. The molecule has 3 unspecified atom stereocenters. The number of nitrogens with one attached hydrogen (secondary N) is 1. The third-order valence-electron chi connectivity index (χ3n) is 4.25. The van der Waals surface area contributed by atoms with E-state index in [1.807, 2.05) is 27.7 Å². The molecule has 0 aromatic carbocycles. The molecule has 1 heterocycles. The van der Waals surface area contributed by atoms with E-state index in [0.717, 1.165) is 6.42 Å². The second-order valence-electron chi connectivity index (χ2n) is 7.53. The van der Waals surface area contributed by atoms with Gasteiger partial charge in [0.05, 0.1) is 12.0 Å². The van der Waals surface area contributed by atoms with Crippen LogP contribution in [0.4, 0.5) is 0 Å². The second-order valence-corrected chi connectivity index (χ2v) is 7.53. The zero-order valence-electron chi connectivity index (χ0n) is 15.2. The van der Waals surface area contributed by atoms with Gasteiger partial charge in [0.1, 0.15) is 6.04 Å². The first-order chi connectivity index (χ1) is 11.1. The van der Waals surface area contributed by atoms with Crippen molar-refractivity contribution in [2.45, 2.75) is 71.5 Å². The van der Waals surface area contributed by atoms with E-state index in [1.54, 1.807) is 4.90 Å². The second kappa shape index (κ2) is 9.01. The minimum Gasteiger partial charge on any atom is -0.548 e. The summed E-state index contributed by atoms with van der Waals surface area (Å²) in [7, 11) is 0. The van der Waals surface area contributed by atoms with Gasteiger partial charge in [-0.25, -0.2) is 0 Å². The van der Waals surface area contributed by atoms with Gasteiger partial charge in [0.15, 0.2) is 6.04 Å². The third kappa shape index (κ3) is 5.78. The Labute approximate surface area is 144 Å². The van der Waals surface area contributed by atoms with Gasteiger partial charge in [-0.3, -0.25) is 9.59 Å². The van der Waals surface area contributed by atoms with Gasteiger partial charge in [0, 0.05) is 13.0 Å². The van der Waals surface area contributed by atoms with Gasteiger partial charge in [-0.1, -0.05) is 27.7 Å². The van der Waals surface area contributed by atoms with Crippen LogP contribution in [-0.4, -0.2) is 47.4 Å². The number of carbonyl (C=O) groups is 3. The van der Waals surface area contributed by atoms with E-state index < -0.39 is 24.0 Å². The SMILES string of the molecule is CC(C)CC([NH3+])C(=O)N1CCCC1C(=O)NC(CC(C)C)C(=O)[O-]. The van der Waals surface area contributed by atoms with E-state index in [1.165, 1.54) is 0 Å². The highest BCUT2D eigenvalue weighted by atomic mass is 16.4. The van der Waals surface area contributed by atoms with Crippen LogP contribution in [0.5, 0.6) is 0 Å². The van der Waals surface area contributed by atoms with Gasteiger partial charge in [-0.05, 0) is 31.1 Å². The maximum Gasteiger partial charge on any atom is 0.281 e. The highest BCUT2D eigenvalue weighted by Gasteiger charge is 2.38. The summed E-state index contributed by atoms with van der Waals surface area (Å²) in [6, 6.07) is -2.02. The molecule has 0 aliphatic carbocycles. The van der Waals surface area contributed by atoms with Gasteiger partial charge < -0.3 is 25.9 Å². The summed E-state index contributed by atoms with van der Waals surface area (Å²) in [5.74, 6) is -1.37. The fourth-order valence-electron chi connectivity index (χ4n) is 3.16. The first-order valence-electron chi connectivity index (χ1n) is 8.78. The molecular formula is C17H31N3O4. The molecule has 0 aromatic rings. The molecule has 1 aliphatic heterocycles. The molecule has 24 heavy (non-hydrogen) atoms. The average molecular weight is 341 g/mol. The van der Waals surface area contributed by atoms with E-state index >= 15 is 0 Å². The van der Waals surface area contributed by atoms with E-state index in [2.05, 4.69) is 11.1 Å². The molecular weight excluding hydrogens is 310 g/mol. The molecule has 1 fully saturated rings. The lowest BCUT2D eigenvalue weighted by Gasteiger charge is -2.28. The van der Waals surface area contributed by atoms with Crippen molar-refractivity contribution in [1.82, 2.24) is 10.2 Å². The molecule has 0 spiro atoms. The first kappa shape index (κ1) is 20.4. The Hall–Kier alpha value is -1.63. The fourth-order valence-corrected chi connectivity index (χ4v) is 3.16. The van der Waals surface area contributed by atoms with Gasteiger partial charge in [-0.2, -0.15) is 0 Å². The van der Waals surface area contributed by atoms with E-state index in [9.17, 15) is 19.5 Å². The third-order valence-corrected chi connectivity index (χ3v) is 4.25. The van der Waals surface area contributed by atoms with Crippen LogP contribution in [0.2, 0.25) is 0 Å². The van der Waals surface area contributed by atoms with Crippen molar-refractivity contribution in [2.24, 2.45) is 11.8 Å². The summed E-state index contributed by atoms with van der Waals surface area (Å²) in [4.78, 5) is 37.8. The van der Waals surface area contributed by atoms with Crippen molar-refractivity contribution in [3.63, 3.8) is 0 Å². The molecule has 1 rings (SSSR count). The zero-order valence-corrected chi connectivity index (χ0v) is 15.2. The molecule has 7 heteroatoms. The van der Waals surface area contributed by atoms with Crippen molar-refractivity contribution < 1.29 is 25.2 Å².